The maximum Gasteiger partial charge on any atom is 0.362 e. The van der Waals surface area contributed by atoms with Gasteiger partial charge in [0.15, 0.2) is 6.54 Å². The lowest BCUT2D eigenvalue weighted by Crippen LogP contribution is -3.00. The summed E-state index contributed by atoms with van der Waals surface area (Å²) in [6, 6.07) is 9.82. The van der Waals surface area contributed by atoms with Crippen LogP contribution < -0.4 is 12.4 Å². The topological polar surface area (TPSA) is 35.5 Å². The highest BCUT2D eigenvalue weighted by Crippen LogP contribution is 2.66. The average molecular weight is 410 g/mol. The van der Waals surface area contributed by atoms with Crippen LogP contribution in [0.2, 0.25) is 0 Å². The van der Waals surface area contributed by atoms with E-state index in [2.05, 4.69) is 34.9 Å². The van der Waals surface area contributed by atoms with Crippen LogP contribution in [0.1, 0.15) is 45.6 Å². The number of quaternary nitrogens is 1. The molecular formula is C23H36ClNO3. The monoisotopic (exact) mass is 409 g/mol. The zero-order valence-electron chi connectivity index (χ0n) is 18.0. The van der Waals surface area contributed by atoms with Gasteiger partial charge in [-0.2, -0.15) is 0 Å². The fourth-order valence-corrected chi connectivity index (χ4v) is 5.04. The third-order valence-corrected chi connectivity index (χ3v) is 7.53. The fraction of sp³-hybridized carbons (Fsp3) is 0.696. The molecule has 0 saturated heterocycles. The SMILES string of the molecule is CC1(C)C2CCC1(C)C(OCC[N+](C)(C)CC(=O)OCc1ccccc1)C2.[Cl-]. The first-order chi connectivity index (χ1) is 12.6. The first-order valence-electron chi connectivity index (χ1n) is 10.3. The van der Waals surface area contributed by atoms with Gasteiger partial charge in [-0.3, -0.25) is 0 Å². The molecule has 5 heteroatoms. The molecule has 2 bridgehead atoms. The lowest BCUT2D eigenvalue weighted by atomic mass is 9.70. The van der Waals surface area contributed by atoms with Crippen LogP contribution in [0.15, 0.2) is 30.3 Å². The Bertz CT molecular complexity index is 661. The van der Waals surface area contributed by atoms with Crippen LogP contribution >= 0.6 is 0 Å². The van der Waals surface area contributed by atoms with Crippen molar-refractivity contribution in [2.45, 2.75) is 52.7 Å². The van der Waals surface area contributed by atoms with E-state index in [0.717, 1.165) is 18.0 Å². The molecular weight excluding hydrogens is 374 g/mol. The van der Waals surface area contributed by atoms with Crippen molar-refractivity contribution in [1.82, 2.24) is 0 Å². The van der Waals surface area contributed by atoms with Gasteiger partial charge in [0.2, 0.25) is 0 Å². The Kier molecular flexibility index (Phi) is 7.22. The Morgan fingerprint density at radius 3 is 2.43 bits per heavy atom. The second kappa shape index (κ2) is 8.73. The number of hydrogen-bond acceptors (Lipinski definition) is 3. The van der Waals surface area contributed by atoms with Gasteiger partial charge in [0.1, 0.15) is 13.2 Å². The van der Waals surface area contributed by atoms with Gasteiger partial charge in [-0.15, -0.1) is 0 Å². The smallest absolute Gasteiger partial charge is 0.362 e. The quantitative estimate of drug-likeness (QED) is 0.475. The van der Waals surface area contributed by atoms with Crippen molar-refractivity contribution in [3.63, 3.8) is 0 Å². The number of rotatable bonds is 8. The number of likely N-dealkylation sites (N-methyl/N-ethyl adjacent to an activating group) is 1. The molecule has 0 heterocycles. The van der Waals surface area contributed by atoms with Crippen LogP contribution in [0.4, 0.5) is 0 Å². The molecule has 0 aliphatic heterocycles. The van der Waals surface area contributed by atoms with Crippen LogP contribution in [0.25, 0.3) is 0 Å². The number of esters is 1. The predicted molar refractivity (Wildman–Crippen MR) is 107 cm³/mol. The molecule has 28 heavy (non-hydrogen) atoms. The number of hydrogen-bond donors (Lipinski definition) is 0. The third-order valence-electron chi connectivity index (χ3n) is 7.53. The molecule has 3 unspecified atom stereocenters. The molecule has 0 aromatic heterocycles. The summed E-state index contributed by atoms with van der Waals surface area (Å²) in [6.45, 7) is 9.46. The van der Waals surface area contributed by atoms with Crippen molar-refractivity contribution in [3.05, 3.63) is 35.9 Å². The summed E-state index contributed by atoms with van der Waals surface area (Å²) in [4.78, 5) is 12.2. The van der Waals surface area contributed by atoms with E-state index in [1.54, 1.807) is 0 Å². The van der Waals surface area contributed by atoms with Gasteiger partial charge < -0.3 is 26.4 Å². The van der Waals surface area contributed by atoms with E-state index in [1.807, 2.05) is 30.3 Å². The Labute approximate surface area is 176 Å². The Morgan fingerprint density at radius 1 is 1.18 bits per heavy atom. The lowest BCUT2D eigenvalue weighted by Gasteiger charge is -2.39. The molecule has 0 radical (unpaired) electrons. The van der Waals surface area contributed by atoms with Gasteiger partial charge in [0.25, 0.3) is 0 Å². The van der Waals surface area contributed by atoms with Crippen molar-refractivity contribution in [2.75, 3.05) is 33.8 Å². The van der Waals surface area contributed by atoms with E-state index >= 15 is 0 Å². The number of benzene rings is 1. The Morgan fingerprint density at radius 2 is 1.86 bits per heavy atom. The van der Waals surface area contributed by atoms with Crippen molar-refractivity contribution in [1.29, 1.82) is 0 Å². The van der Waals surface area contributed by atoms with E-state index in [4.69, 9.17) is 9.47 Å². The first kappa shape index (κ1) is 23.2. The van der Waals surface area contributed by atoms with Crippen molar-refractivity contribution < 1.29 is 31.2 Å². The molecule has 2 aliphatic carbocycles. The minimum Gasteiger partial charge on any atom is -1.00 e. The van der Waals surface area contributed by atoms with Crippen LogP contribution in [0.3, 0.4) is 0 Å². The highest BCUT2D eigenvalue weighted by molar-refractivity contribution is 5.70. The first-order valence-corrected chi connectivity index (χ1v) is 10.3. The normalized spacial score (nSPS) is 28.0. The van der Waals surface area contributed by atoms with E-state index in [1.165, 1.54) is 19.3 Å². The number of carbonyl (C=O) groups excluding carboxylic acids is 1. The highest BCUT2D eigenvalue weighted by atomic mass is 35.5. The zero-order chi connectivity index (χ0) is 19.7. The molecule has 2 saturated carbocycles. The highest BCUT2D eigenvalue weighted by Gasteiger charge is 2.61. The molecule has 1 aromatic carbocycles. The maximum atomic E-state index is 12.2. The minimum absolute atomic E-state index is 0. The molecule has 3 rings (SSSR count). The summed E-state index contributed by atoms with van der Waals surface area (Å²) >= 11 is 0. The predicted octanol–water partition coefficient (Wildman–Crippen LogP) is 1.04. The molecule has 0 amide bonds. The van der Waals surface area contributed by atoms with Gasteiger partial charge in [0, 0.05) is 0 Å². The Hall–Kier alpha value is -1.10. The van der Waals surface area contributed by atoms with Crippen LogP contribution in [0.5, 0.6) is 0 Å². The number of carbonyl (C=O) groups is 1. The lowest BCUT2D eigenvalue weighted by molar-refractivity contribution is -0.883. The molecule has 0 spiro atoms. The Balaban J connectivity index is 0.00000280. The van der Waals surface area contributed by atoms with Gasteiger partial charge in [-0.05, 0) is 41.6 Å². The summed E-state index contributed by atoms with van der Waals surface area (Å²) in [5.74, 6) is 0.639. The van der Waals surface area contributed by atoms with E-state index in [0.29, 0.717) is 41.2 Å². The molecule has 1 aromatic rings. The maximum absolute atomic E-state index is 12.2. The minimum atomic E-state index is -0.156. The van der Waals surface area contributed by atoms with Gasteiger partial charge in [0.05, 0.1) is 26.8 Å². The average Bonchev–Trinajstić information content (AvgIpc) is 2.94. The number of nitrogens with zero attached hydrogens (tertiary/aromatic N) is 1. The largest absolute Gasteiger partial charge is 1.00 e. The number of ether oxygens (including phenoxy) is 2. The summed E-state index contributed by atoms with van der Waals surface area (Å²) in [5, 5.41) is 0. The summed E-state index contributed by atoms with van der Waals surface area (Å²) in [5.41, 5.74) is 1.69. The van der Waals surface area contributed by atoms with E-state index in [9.17, 15) is 4.79 Å². The zero-order valence-corrected chi connectivity index (χ0v) is 18.8. The van der Waals surface area contributed by atoms with Crippen LogP contribution in [-0.4, -0.2) is 50.3 Å². The molecule has 0 N–H and O–H groups in total. The molecule has 4 nitrogen and oxygen atoms in total. The van der Waals surface area contributed by atoms with Crippen molar-refractivity contribution in [2.24, 2.45) is 16.7 Å². The molecule has 158 valence electrons. The molecule has 2 fully saturated rings. The van der Waals surface area contributed by atoms with Crippen LogP contribution in [0, 0.1) is 16.7 Å². The summed E-state index contributed by atoms with van der Waals surface area (Å²) in [6.07, 6.45) is 4.17. The third kappa shape index (κ3) is 4.72. The summed E-state index contributed by atoms with van der Waals surface area (Å²) in [7, 11) is 4.14. The molecule has 3 atom stereocenters. The van der Waals surface area contributed by atoms with Crippen molar-refractivity contribution in [3.8, 4) is 0 Å². The molecule has 2 aliphatic rings. The fourth-order valence-electron chi connectivity index (χ4n) is 5.04. The number of fused-ring (bicyclic) bond motifs is 2. The van der Waals surface area contributed by atoms with Crippen LogP contribution in [-0.2, 0) is 20.9 Å². The van der Waals surface area contributed by atoms with E-state index in [-0.39, 0.29) is 18.4 Å². The summed E-state index contributed by atoms with van der Waals surface area (Å²) < 4.78 is 12.4. The number of halogens is 1. The standard InChI is InChI=1S/C23H36NO3.ClH/c1-22(2)19-11-12-23(22,3)20(15-19)26-14-13-24(4,5)16-21(25)27-17-18-9-7-6-8-10-18;/h6-10,19-20H,11-17H2,1-5H3;1H/q+1;/p-1. The van der Waals surface area contributed by atoms with Gasteiger partial charge >= 0.3 is 5.97 Å². The van der Waals surface area contributed by atoms with Gasteiger partial charge in [-0.25, -0.2) is 4.79 Å². The van der Waals surface area contributed by atoms with Gasteiger partial charge in [-0.1, -0.05) is 51.1 Å². The van der Waals surface area contributed by atoms with E-state index < -0.39 is 0 Å². The van der Waals surface area contributed by atoms with Crippen molar-refractivity contribution >= 4 is 5.97 Å². The second-order valence-electron chi connectivity index (χ2n) is 9.93. The second-order valence-corrected chi connectivity index (χ2v) is 9.93.